The van der Waals surface area contributed by atoms with Crippen molar-refractivity contribution in [2.45, 2.75) is 19.4 Å². The van der Waals surface area contributed by atoms with Gasteiger partial charge in [0, 0.05) is 11.4 Å². The first-order valence-corrected chi connectivity index (χ1v) is 6.24. The highest BCUT2D eigenvalue weighted by molar-refractivity contribution is 6.30. The molecule has 1 atom stereocenters. The molecule has 4 heteroatoms. The average Bonchev–Trinajstić information content (AvgIpc) is 2.38. The number of halogens is 3. The lowest BCUT2D eigenvalue weighted by Crippen LogP contribution is -2.06. The maximum atomic E-state index is 13.5. The second kappa shape index (κ2) is 5.68. The number of hydrogen-bond donors (Lipinski definition) is 1. The number of aliphatic hydroxyl groups excluding tert-OH is 1. The number of aliphatic hydroxyl groups is 1. The molecule has 0 spiro atoms. The number of aryl methyl sites for hydroxylation is 1. The number of hydrogen-bond acceptors (Lipinski definition) is 1. The van der Waals surface area contributed by atoms with E-state index in [0.717, 1.165) is 11.6 Å². The molecule has 0 aliphatic heterocycles. The van der Waals surface area contributed by atoms with E-state index in [1.807, 2.05) is 6.92 Å². The summed E-state index contributed by atoms with van der Waals surface area (Å²) in [5.74, 6) is -1.83. The Morgan fingerprint density at radius 1 is 1.21 bits per heavy atom. The Balaban J connectivity index is 2.28. The van der Waals surface area contributed by atoms with Crippen LogP contribution in [-0.4, -0.2) is 5.11 Å². The van der Waals surface area contributed by atoms with Gasteiger partial charge in [-0.3, -0.25) is 0 Å². The van der Waals surface area contributed by atoms with Gasteiger partial charge in [-0.05, 0) is 41.8 Å². The van der Waals surface area contributed by atoms with Crippen molar-refractivity contribution in [3.8, 4) is 0 Å². The zero-order valence-electron chi connectivity index (χ0n) is 10.3. The third-order valence-electron chi connectivity index (χ3n) is 3.05. The zero-order valence-corrected chi connectivity index (χ0v) is 11.1. The van der Waals surface area contributed by atoms with Crippen LogP contribution in [0, 0.1) is 18.6 Å². The summed E-state index contributed by atoms with van der Waals surface area (Å²) in [7, 11) is 0. The predicted molar refractivity (Wildman–Crippen MR) is 71.2 cm³/mol. The third kappa shape index (κ3) is 3.11. The lowest BCUT2D eigenvalue weighted by atomic mass is 9.97. The van der Waals surface area contributed by atoms with E-state index in [0.29, 0.717) is 10.6 Å². The molecule has 2 rings (SSSR count). The highest BCUT2D eigenvalue weighted by Gasteiger charge is 2.15. The van der Waals surface area contributed by atoms with Gasteiger partial charge in [0.25, 0.3) is 0 Å². The molecular weight excluding hydrogens is 270 g/mol. The monoisotopic (exact) mass is 282 g/mol. The molecule has 19 heavy (non-hydrogen) atoms. The van der Waals surface area contributed by atoms with E-state index in [1.165, 1.54) is 12.1 Å². The molecule has 0 aromatic heterocycles. The Morgan fingerprint density at radius 2 is 1.95 bits per heavy atom. The Labute approximate surface area is 115 Å². The summed E-state index contributed by atoms with van der Waals surface area (Å²) in [6.45, 7) is 1.83. The first-order valence-electron chi connectivity index (χ1n) is 5.86. The van der Waals surface area contributed by atoms with Crippen molar-refractivity contribution in [3.05, 3.63) is 69.7 Å². The maximum absolute atomic E-state index is 13.5. The summed E-state index contributed by atoms with van der Waals surface area (Å²) >= 11 is 5.88. The van der Waals surface area contributed by atoms with Crippen LogP contribution in [0.25, 0.3) is 0 Å². The fourth-order valence-electron chi connectivity index (χ4n) is 1.99. The minimum atomic E-state index is -0.921. The molecule has 0 amide bonds. The smallest absolute Gasteiger partial charge is 0.162 e. The van der Waals surface area contributed by atoms with Gasteiger partial charge in [-0.2, -0.15) is 0 Å². The van der Waals surface area contributed by atoms with Crippen LogP contribution < -0.4 is 0 Å². The van der Waals surface area contributed by atoms with Crippen LogP contribution in [0.1, 0.15) is 22.8 Å². The minimum absolute atomic E-state index is 0.00474. The van der Waals surface area contributed by atoms with Crippen LogP contribution >= 0.6 is 11.6 Å². The molecule has 0 saturated heterocycles. The fourth-order valence-corrected chi connectivity index (χ4v) is 2.18. The summed E-state index contributed by atoms with van der Waals surface area (Å²) in [4.78, 5) is 0. The Morgan fingerprint density at radius 3 is 2.68 bits per heavy atom. The van der Waals surface area contributed by atoms with Crippen molar-refractivity contribution in [1.29, 1.82) is 0 Å². The van der Waals surface area contributed by atoms with Crippen LogP contribution in [0.4, 0.5) is 8.78 Å². The molecule has 0 bridgehead atoms. The minimum Gasteiger partial charge on any atom is -0.388 e. The van der Waals surface area contributed by atoms with Gasteiger partial charge in [0.15, 0.2) is 11.6 Å². The summed E-state index contributed by atoms with van der Waals surface area (Å²) in [6.07, 6.45) is -0.917. The topological polar surface area (TPSA) is 20.2 Å². The van der Waals surface area contributed by atoms with Crippen LogP contribution in [-0.2, 0) is 6.42 Å². The van der Waals surface area contributed by atoms with Crippen LogP contribution in [0.15, 0.2) is 36.4 Å². The largest absolute Gasteiger partial charge is 0.388 e. The van der Waals surface area contributed by atoms with Crippen molar-refractivity contribution in [3.63, 3.8) is 0 Å². The Bertz CT molecular complexity index is 599. The predicted octanol–water partition coefficient (Wildman–Crippen LogP) is 4.20. The second-order valence-corrected chi connectivity index (χ2v) is 4.87. The molecule has 0 radical (unpaired) electrons. The summed E-state index contributed by atoms with van der Waals surface area (Å²) in [6, 6.07) is 9.07. The molecule has 0 aliphatic carbocycles. The van der Waals surface area contributed by atoms with E-state index < -0.39 is 17.7 Å². The van der Waals surface area contributed by atoms with E-state index in [-0.39, 0.29) is 12.0 Å². The van der Waals surface area contributed by atoms with E-state index >= 15 is 0 Å². The van der Waals surface area contributed by atoms with E-state index in [1.54, 1.807) is 18.2 Å². The van der Waals surface area contributed by atoms with Crippen LogP contribution in [0.3, 0.4) is 0 Å². The van der Waals surface area contributed by atoms with Crippen molar-refractivity contribution in [1.82, 2.24) is 0 Å². The van der Waals surface area contributed by atoms with E-state index in [2.05, 4.69) is 0 Å². The van der Waals surface area contributed by atoms with Crippen molar-refractivity contribution < 1.29 is 13.9 Å². The molecule has 0 heterocycles. The first kappa shape index (κ1) is 14.0. The van der Waals surface area contributed by atoms with Gasteiger partial charge in [0.05, 0.1) is 6.10 Å². The zero-order chi connectivity index (χ0) is 14.0. The molecule has 0 saturated carbocycles. The summed E-state index contributed by atoms with van der Waals surface area (Å²) in [5.41, 5.74) is 1.62. The third-order valence-corrected chi connectivity index (χ3v) is 3.28. The lowest BCUT2D eigenvalue weighted by molar-refractivity contribution is 0.176. The van der Waals surface area contributed by atoms with Crippen molar-refractivity contribution >= 4 is 11.6 Å². The molecule has 1 nitrogen and oxygen atoms in total. The summed E-state index contributed by atoms with van der Waals surface area (Å²) in [5, 5.41) is 10.6. The molecular formula is C15H13ClF2O. The molecule has 100 valence electrons. The normalized spacial score (nSPS) is 12.5. The van der Waals surface area contributed by atoms with Crippen molar-refractivity contribution in [2.75, 3.05) is 0 Å². The standard InChI is InChI=1S/C15H13ClF2O/c1-9-5-6-11(16)8-12(9)14(19)7-10-3-2-4-13(17)15(10)18/h2-6,8,14,19H,7H2,1H3. The molecule has 2 aromatic carbocycles. The SMILES string of the molecule is Cc1ccc(Cl)cc1C(O)Cc1cccc(F)c1F. The van der Waals surface area contributed by atoms with Gasteiger partial charge in [-0.15, -0.1) is 0 Å². The van der Waals surface area contributed by atoms with Gasteiger partial charge < -0.3 is 5.11 Å². The maximum Gasteiger partial charge on any atom is 0.162 e. The highest BCUT2D eigenvalue weighted by atomic mass is 35.5. The molecule has 0 fully saturated rings. The van der Waals surface area contributed by atoms with Gasteiger partial charge in [-0.25, -0.2) is 8.78 Å². The average molecular weight is 283 g/mol. The number of benzene rings is 2. The first-order chi connectivity index (χ1) is 8.99. The molecule has 0 aliphatic rings. The van der Waals surface area contributed by atoms with E-state index in [4.69, 9.17) is 11.6 Å². The Kier molecular flexibility index (Phi) is 4.17. The van der Waals surface area contributed by atoms with Crippen molar-refractivity contribution in [2.24, 2.45) is 0 Å². The summed E-state index contributed by atoms with van der Waals surface area (Å²) < 4.78 is 26.6. The van der Waals surface area contributed by atoms with E-state index in [9.17, 15) is 13.9 Å². The quantitative estimate of drug-likeness (QED) is 0.894. The molecule has 1 unspecified atom stereocenters. The van der Waals surface area contributed by atoms with Gasteiger partial charge in [0.1, 0.15) is 0 Å². The van der Waals surface area contributed by atoms with Gasteiger partial charge in [-0.1, -0.05) is 29.8 Å². The lowest BCUT2D eigenvalue weighted by Gasteiger charge is -2.14. The van der Waals surface area contributed by atoms with Gasteiger partial charge in [0.2, 0.25) is 0 Å². The van der Waals surface area contributed by atoms with Crippen LogP contribution in [0.5, 0.6) is 0 Å². The Hall–Kier alpha value is -1.45. The number of rotatable bonds is 3. The molecule has 2 aromatic rings. The highest BCUT2D eigenvalue weighted by Crippen LogP contribution is 2.26. The van der Waals surface area contributed by atoms with Crippen LogP contribution in [0.2, 0.25) is 5.02 Å². The molecule has 1 N–H and O–H groups in total. The van der Waals surface area contributed by atoms with Gasteiger partial charge >= 0.3 is 0 Å². The fraction of sp³-hybridized carbons (Fsp3) is 0.200. The second-order valence-electron chi connectivity index (χ2n) is 4.43.